The summed E-state index contributed by atoms with van der Waals surface area (Å²) in [6.45, 7) is 2.39. The van der Waals surface area contributed by atoms with E-state index in [1.54, 1.807) is 19.1 Å². The normalized spacial score (nSPS) is 24.8. The van der Waals surface area contributed by atoms with Crippen molar-refractivity contribution in [1.29, 1.82) is 0 Å². The first-order valence-electron chi connectivity index (χ1n) is 6.83. The Morgan fingerprint density at radius 1 is 1.28 bits per heavy atom. The van der Waals surface area contributed by atoms with E-state index in [4.69, 9.17) is 0 Å². The molecule has 2 unspecified atom stereocenters. The molecule has 0 amide bonds. The van der Waals surface area contributed by atoms with Crippen LogP contribution in [-0.2, 0) is 6.54 Å². The second-order valence-corrected chi connectivity index (χ2v) is 5.28. The average molecular weight is 251 g/mol. The fourth-order valence-corrected chi connectivity index (χ4v) is 2.52. The van der Waals surface area contributed by atoms with Crippen LogP contribution in [0.3, 0.4) is 0 Å². The zero-order valence-electron chi connectivity index (χ0n) is 11.0. The summed E-state index contributed by atoms with van der Waals surface area (Å²) >= 11 is 0. The van der Waals surface area contributed by atoms with Gasteiger partial charge in [0.2, 0.25) is 0 Å². The molecule has 0 radical (unpaired) electrons. The fraction of sp³-hybridized carbons (Fsp3) is 0.600. The molecule has 1 saturated carbocycles. The van der Waals surface area contributed by atoms with Gasteiger partial charge in [0.05, 0.1) is 6.10 Å². The van der Waals surface area contributed by atoms with Gasteiger partial charge in [0.15, 0.2) is 0 Å². The van der Waals surface area contributed by atoms with Gasteiger partial charge in [-0.1, -0.05) is 31.4 Å². The van der Waals surface area contributed by atoms with Gasteiger partial charge >= 0.3 is 0 Å². The van der Waals surface area contributed by atoms with Gasteiger partial charge in [-0.15, -0.1) is 0 Å². The van der Waals surface area contributed by atoms with Crippen molar-refractivity contribution in [3.8, 4) is 0 Å². The van der Waals surface area contributed by atoms with Crippen LogP contribution in [-0.4, -0.2) is 17.3 Å². The van der Waals surface area contributed by atoms with Gasteiger partial charge in [-0.3, -0.25) is 0 Å². The SMILES string of the molecule is Cc1ccc(CNC2CCCCCC2O)cc1F. The largest absolute Gasteiger partial charge is 0.392 e. The van der Waals surface area contributed by atoms with Crippen LogP contribution < -0.4 is 5.32 Å². The number of aliphatic hydroxyl groups is 1. The van der Waals surface area contributed by atoms with E-state index in [9.17, 15) is 9.50 Å². The zero-order chi connectivity index (χ0) is 13.0. The predicted molar refractivity (Wildman–Crippen MR) is 70.9 cm³/mol. The minimum Gasteiger partial charge on any atom is -0.392 e. The Labute approximate surface area is 108 Å². The molecular formula is C15H22FNO. The summed E-state index contributed by atoms with van der Waals surface area (Å²) < 4.78 is 13.4. The van der Waals surface area contributed by atoms with Gasteiger partial charge in [-0.05, 0) is 37.0 Å². The van der Waals surface area contributed by atoms with Crippen LogP contribution in [0.15, 0.2) is 18.2 Å². The van der Waals surface area contributed by atoms with Crippen molar-refractivity contribution in [2.24, 2.45) is 0 Å². The number of halogens is 1. The Balaban J connectivity index is 1.91. The van der Waals surface area contributed by atoms with Crippen molar-refractivity contribution < 1.29 is 9.50 Å². The highest BCUT2D eigenvalue weighted by atomic mass is 19.1. The Kier molecular flexibility index (Phi) is 4.72. The second-order valence-electron chi connectivity index (χ2n) is 5.28. The maximum absolute atomic E-state index is 13.4. The lowest BCUT2D eigenvalue weighted by molar-refractivity contribution is 0.119. The maximum Gasteiger partial charge on any atom is 0.126 e. The molecule has 0 heterocycles. The molecule has 2 nitrogen and oxygen atoms in total. The van der Waals surface area contributed by atoms with Gasteiger partial charge in [0, 0.05) is 12.6 Å². The Morgan fingerprint density at radius 2 is 2.06 bits per heavy atom. The minimum absolute atomic E-state index is 0.150. The van der Waals surface area contributed by atoms with Crippen LogP contribution >= 0.6 is 0 Å². The van der Waals surface area contributed by atoms with E-state index < -0.39 is 0 Å². The summed E-state index contributed by atoms with van der Waals surface area (Å²) in [4.78, 5) is 0. The standard InChI is InChI=1S/C15H22FNO/c1-11-7-8-12(9-13(11)16)10-17-14-5-3-2-4-6-15(14)18/h7-9,14-15,17-18H,2-6,10H2,1H3. The van der Waals surface area contributed by atoms with Crippen LogP contribution in [0.25, 0.3) is 0 Å². The first kappa shape index (κ1) is 13.5. The molecule has 100 valence electrons. The van der Waals surface area contributed by atoms with Gasteiger partial charge in [0.25, 0.3) is 0 Å². The van der Waals surface area contributed by atoms with E-state index in [0.29, 0.717) is 12.1 Å². The van der Waals surface area contributed by atoms with E-state index >= 15 is 0 Å². The molecule has 2 N–H and O–H groups in total. The fourth-order valence-electron chi connectivity index (χ4n) is 2.52. The van der Waals surface area contributed by atoms with Crippen LogP contribution in [0, 0.1) is 12.7 Å². The number of rotatable bonds is 3. The molecule has 0 aliphatic heterocycles. The quantitative estimate of drug-likeness (QED) is 0.810. The topological polar surface area (TPSA) is 32.3 Å². The molecule has 1 aromatic rings. The molecule has 0 aromatic heterocycles. The third-order valence-electron chi connectivity index (χ3n) is 3.78. The first-order chi connectivity index (χ1) is 8.66. The highest BCUT2D eigenvalue weighted by Crippen LogP contribution is 2.18. The molecule has 0 spiro atoms. The maximum atomic E-state index is 13.4. The molecule has 2 rings (SSSR count). The van der Waals surface area contributed by atoms with E-state index in [1.165, 1.54) is 6.42 Å². The Bertz CT molecular complexity index is 394. The lowest BCUT2D eigenvalue weighted by Gasteiger charge is -2.22. The molecule has 3 heteroatoms. The molecule has 1 aromatic carbocycles. The number of hydrogen-bond donors (Lipinski definition) is 2. The molecular weight excluding hydrogens is 229 g/mol. The summed E-state index contributed by atoms with van der Waals surface area (Å²) in [6.07, 6.45) is 5.10. The molecule has 18 heavy (non-hydrogen) atoms. The van der Waals surface area contributed by atoms with Crippen LogP contribution in [0.2, 0.25) is 0 Å². The second kappa shape index (κ2) is 6.30. The van der Waals surface area contributed by atoms with E-state index in [0.717, 1.165) is 31.2 Å². The third-order valence-corrected chi connectivity index (χ3v) is 3.78. The first-order valence-corrected chi connectivity index (χ1v) is 6.83. The summed E-state index contributed by atoms with van der Waals surface area (Å²) in [7, 11) is 0. The van der Waals surface area contributed by atoms with Crippen LogP contribution in [0.1, 0.15) is 43.2 Å². The van der Waals surface area contributed by atoms with E-state index in [-0.39, 0.29) is 18.0 Å². The van der Waals surface area contributed by atoms with Crippen molar-refractivity contribution in [1.82, 2.24) is 5.32 Å². The molecule has 0 bridgehead atoms. The summed E-state index contributed by atoms with van der Waals surface area (Å²) in [5.74, 6) is -0.157. The zero-order valence-corrected chi connectivity index (χ0v) is 11.0. The number of aryl methyl sites for hydroxylation is 1. The molecule has 0 saturated heterocycles. The molecule has 1 fully saturated rings. The van der Waals surface area contributed by atoms with Crippen molar-refractivity contribution in [2.45, 2.75) is 57.7 Å². The lowest BCUT2D eigenvalue weighted by Crippen LogP contribution is -2.38. The number of hydrogen-bond acceptors (Lipinski definition) is 2. The van der Waals surface area contributed by atoms with Crippen molar-refractivity contribution in [3.63, 3.8) is 0 Å². The number of benzene rings is 1. The third kappa shape index (κ3) is 3.53. The highest BCUT2D eigenvalue weighted by Gasteiger charge is 2.20. The summed E-state index contributed by atoms with van der Waals surface area (Å²) in [6, 6.07) is 5.47. The van der Waals surface area contributed by atoms with E-state index in [2.05, 4.69) is 5.32 Å². The van der Waals surface area contributed by atoms with E-state index in [1.807, 2.05) is 6.07 Å². The van der Waals surface area contributed by atoms with Crippen LogP contribution in [0.5, 0.6) is 0 Å². The lowest BCUT2D eigenvalue weighted by atomic mass is 10.1. The predicted octanol–water partition coefficient (Wildman–Crippen LogP) is 2.92. The number of aliphatic hydroxyl groups excluding tert-OH is 1. The average Bonchev–Trinajstić information content (AvgIpc) is 2.56. The van der Waals surface area contributed by atoms with Gasteiger partial charge in [-0.25, -0.2) is 4.39 Å². The Morgan fingerprint density at radius 3 is 2.83 bits per heavy atom. The smallest absolute Gasteiger partial charge is 0.126 e. The monoisotopic (exact) mass is 251 g/mol. The summed E-state index contributed by atoms with van der Waals surface area (Å²) in [5, 5.41) is 13.3. The van der Waals surface area contributed by atoms with Crippen molar-refractivity contribution in [3.05, 3.63) is 35.1 Å². The van der Waals surface area contributed by atoms with Gasteiger partial charge < -0.3 is 10.4 Å². The molecule has 2 atom stereocenters. The van der Waals surface area contributed by atoms with Crippen LogP contribution in [0.4, 0.5) is 4.39 Å². The summed E-state index contributed by atoms with van der Waals surface area (Å²) in [5.41, 5.74) is 1.61. The minimum atomic E-state index is -0.261. The molecule has 1 aliphatic carbocycles. The van der Waals surface area contributed by atoms with Gasteiger partial charge in [0.1, 0.15) is 5.82 Å². The number of nitrogens with one attached hydrogen (secondary N) is 1. The highest BCUT2D eigenvalue weighted by molar-refractivity contribution is 5.23. The van der Waals surface area contributed by atoms with Crippen molar-refractivity contribution in [2.75, 3.05) is 0 Å². The Hall–Kier alpha value is -0.930. The van der Waals surface area contributed by atoms with Gasteiger partial charge in [-0.2, -0.15) is 0 Å². The molecule has 1 aliphatic rings. The van der Waals surface area contributed by atoms with Crippen molar-refractivity contribution >= 4 is 0 Å².